The molecule has 1 heterocycles. The largest absolute Gasteiger partial charge is 0.493 e. The van der Waals surface area contributed by atoms with Crippen LogP contribution in [0.4, 0.5) is 5.69 Å². The van der Waals surface area contributed by atoms with Gasteiger partial charge in [0.25, 0.3) is 0 Å². The van der Waals surface area contributed by atoms with Gasteiger partial charge in [-0.25, -0.2) is 0 Å². The van der Waals surface area contributed by atoms with E-state index in [9.17, 15) is 4.79 Å². The van der Waals surface area contributed by atoms with Crippen molar-refractivity contribution in [3.8, 4) is 11.5 Å². The Labute approximate surface area is 194 Å². The van der Waals surface area contributed by atoms with Crippen molar-refractivity contribution in [3.05, 3.63) is 66.2 Å². The van der Waals surface area contributed by atoms with E-state index in [2.05, 4.69) is 53.2 Å². The molecule has 3 aromatic carbocycles. The summed E-state index contributed by atoms with van der Waals surface area (Å²) in [6.45, 7) is 5.57. The molecule has 1 atom stereocenters. The molecule has 1 aromatic heterocycles. The van der Waals surface area contributed by atoms with E-state index in [0.29, 0.717) is 18.0 Å². The molecule has 0 aliphatic heterocycles. The summed E-state index contributed by atoms with van der Waals surface area (Å²) in [6, 6.07) is 20.0. The number of aryl methyl sites for hydroxylation is 1. The number of ether oxygens (including phenoxy) is 2. The molecule has 0 radical (unpaired) electrons. The fourth-order valence-electron chi connectivity index (χ4n) is 4.32. The number of hydrogen-bond acceptors (Lipinski definition) is 4. The van der Waals surface area contributed by atoms with Crippen LogP contribution in [0.1, 0.15) is 19.4 Å². The molecule has 1 amide bonds. The zero-order chi connectivity index (χ0) is 23.5. The Bertz CT molecular complexity index is 1290. The maximum atomic E-state index is 13.0. The van der Waals surface area contributed by atoms with Gasteiger partial charge < -0.3 is 19.4 Å². The molecule has 0 saturated heterocycles. The normalized spacial score (nSPS) is 12.3. The lowest BCUT2D eigenvalue weighted by atomic mass is 10.1. The van der Waals surface area contributed by atoms with Gasteiger partial charge in [-0.3, -0.25) is 9.69 Å². The molecule has 6 nitrogen and oxygen atoms in total. The fourth-order valence-corrected chi connectivity index (χ4v) is 4.32. The van der Waals surface area contributed by atoms with Crippen LogP contribution in [0.5, 0.6) is 11.5 Å². The van der Waals surface area contributed by atoms with E-state index >= 15 is 0 Å². The molecule has 0 aliphatic carbocycles. The Morgan fingerprint density at radius 2 is 1.70 bits per heavy atom. The number of para-hydroxylation sites is 1. The number of fused-ring (bicyclic) bond motifs is 3. The molecule has 4 aromatic rings. The molecule has 0 aliphatic rings. The number of amides is 1. The highest BCUT2D eigenvalue weighted by Crippen LogP contribution is 2.31. The van der Waals surface area contributed by atoms with Crippen molar-refractivity contribution in [3.63, 3.8) is 0 Å². The van der Waals surface area contributed by atoms with E-state index in [0.717, 1.165) is 23.2 Å². The zero-order valence-electron chi connectivity index (χ0n) is 19.9. The van der Waals surface area contributed by atoms with Crippen LogP contribution in [-0.2, 0) is 17.9 Å². The highest BCUT2D eigenvalue weighted by atomic mass is 16.5. The van der Waals surface area contributed by atoms with E-state index in [-0.39, 0.29) is 11.9 Å². The molecule has 0 fully saturated rings. The Balaban J connectivity index is 1.51. The van der Waals surface area contributed by atoms with E-state index in [4.69, 9.17) is 9.47 Å². The molecule has 0 saturated carbocycles. The van der Waals surface area contributed by atoms with Gasteiger partial charge in [0, 0.05) is 40.6 Å². The summed E-state index contributed by atoms with van der Waals surface area (Å²) >= 11 is 0. The smallest absolute Gasteiger partial charge is 0.241 e. The topological polar surface area (TPSA) is 55.7 Å². The Kier molecular flexibility index (Phi) is 6.56. The second kappa shape index (κ2) is 9.55. The van der Waals surface area contributed by atoms with Crippen LogP contribution >= 0.6 is 0 Å². The van der Waals surface area contributed by atoms with Gasteiger partial charge in [-0.2, -0.15) is 0 Å². The van der Waals surface area contributed by atoms with Crippen molar-refractivity contribution < 1.29 is 14.3 Å². The summed E-state index contributed by atoms with van der Waals surface area (Å²) in [4.78, 5) is 15.0. The highest BCUT2D eigenvalue weighted by Gasteiger charge is 2.19. The lowest BCUT2D eigenvalue weighted by molar-refractivity contribution is -0.120. The molecule has 0 spiro atoms. The Morgan fingerprint density at radius 3 is 2.42 bits per heavy atom. The van der Waals surface area contributed by atoms with Crippen LogP contribution in [0.25, 0.3) is 21.8 Å². The number of anilines is 1. The minimum atomic E-state index is -0.314. The fraction of sp³-hybridized carbons (Fsp3) is 0.296. The molecule has 0 bridgehead atoms. The summed E-state index contributed by atoms with van der Waals surface area (Å²) in [5.74, 6) is 1.33. The quantitative estimate of drug-likeness (QED) is 0.400. The Hall–Kier alpha value is -3.51. The van der Waals surface area contributed by atoms with Crippen LogP contribution in [0, 0.1) is 0 Å². The number of nitrogens with one attached hydrogen (secondary N) is 1. The summed E-state index contributed by atoms with van der Waals surface area (Å²) in [6.07, 6.45) is 0. The first-order valence-corrected chi connectivity index (χ1v) is 11.2. The average molecular weight is 446 g/mol. The summed E-state index contributed by atoms with van der Waals surface area (Å²) in [7, 11) is 5.18. The van der Waals surface area contributed by atoms with Gasteiger partial charge in [-0.05, 0) is 62.9 Å². The standard InChI is InChI=1S/C27H31N3O3/c1-6-30-23-10-8-7-9-21(23)22-16-20(12-13-24(22)30)28-27(31)18(2)29(3)17-19-11-14-25(32-4)26(15-19)33-5/h7-16,18H,6,17H2,1-5H3,(H,28,31)/t18-/m1/s1. The molecule has 4 rings (SSSR count). The van der Waals surface area contributed by atoms with Crippen molar-refractivity contribution in [1.29, 1.82) is 0 Å². The summed E-state index contributed by atoms with van der Waals surface area (Å²) in [5, 5.41) is 5.45. The SMILES string of the molecule is CCn1c2ccccc2c2cc(NC(=O)[C@@H](C)N(C)Cc3ccc(OC)c(OC)c3)ccc21. The predicted octanol–water partition coefficient (Wildman–Crippen LogP) is 5.29. The van der Waals surface area contributed by atoms with Gasteiger partial charge in [0.2, 0.25) is 5.91 Å². The third kappa shape index (κ3) is 4.39. The van der Waals surface area contributed by atoms with Crippen LogP contribution in [0.3, 0.4) is 0 Å². The zero-order valence-corrected chi connectivity index (χ0v) is 19.9. The van der Waals surface area contributed by atoms with E-state index in [1.165, 1.54) is 16.4 Å². The molecular formula is C27H31N3O3. The number of likely N-dealkylation sites (N-methyl/N-ethyl adjacent to an activating group) is 1. The minimum absolute atomic E-state index is 0.0449. The van der Waals surface area contributed by atoms with Crippen molar-refractivity contribution in [2.45, 2.75) is 33.0 Å². The van der Waals surface area contributed by atoms with E-state index in [1.54, 1.807) is 14.2 Å². The molecular weight excluding hydrogens is 414 g/mol. The van der Waals surface area contributed by atoms with Gasteiger partial charge in [-0.1, -0.05) is 24.3 Å². The van der Waals surface area contributed by atoms with Crippen molar-refractivity contribution in [2.24, 2.45) is 0 Å². The van der Waals surface area contributed by atoms with E-state index in [1.807, 2.05) is 43.1 Å². The maximum absolute atomic E-state index is 13.0. The third-order valence-corrected chi connectivity index (χ3v) is 6.28. The molecule has 6 heteroatoms. The van der Waals surface area contributed by atoms with Crippen LogP contribution in [0.15, 0.2) is 60.7 Å². The van der Waals surface area contributed by atoms with Gasteiger partial charge in [0.1, 0.15) is 0 Å². The first-order chi connectivity index (χ1) is 16.0. The third-order valence-electron chi connectivity index (χ3n) is 6.28. The number of carbonyl (C=O) groups is 1. The van der Waals surface area contributed by atoms with Gasteiger partial charge >= 0.3 is 0 Å². The number of nitrogens with zero attached hydrogens (tertiary/aromatic N) is 2. The van der Waals surface area contributed by atoms with Crippen molar-refractivity contribution in [2.75, 3.05) is 26.6 Å². The second-order valence-corrected chi connectivity index (χ2v) is 8.26. The number of hydrogen-bond donors (Lipinski definition) is 1. The summed E-state index contributed by atoms with van der Waals surface area (Å²) < 4.78 is 13.0. The maximum Gasteiger partial charge on any atom is 0.241 e. The second-order valence-electron chi connectivity index (χ2n) is 8.26. The van der Waals surface area contributed by atoms with Gasteiger partial charge in [0.15, 0.2) is 11.5 Å². The molecule has 0 unspecified atom stereocenters. The highest BCUT2D eigenvalue weighted by molar-refractivity contribution is 6.10. The van der Waals surface area contributed by atoms with Crippen LogP contribution in [0.2, 0.25) is 0 Å². The van der Waals surface area contributed by atoms with Crippen LogP contribution < -0.4 is 14.8 Å². The van der Waals surface area contributed by atoms with Gasteiger partial charge in [-0.15, -0.1) is 0 Å². The molecule has 172 valence electrons. The number of methoxy groups -OCH3 is 2. The minimum Gasteiger partial charge on any atom is -0.493 e. The number of rotatable bonds is 8. The first-order valence-electron chi connectivity index (χ1n) is 11.2. The monoisotopic (exact) mass is 445 g/mol. The van der Waals surface area contributed by atoms with Crippen molar-refractivity contribution >= 4 is 33.4 Å². The first kappa shape index (κ1) is 22.7. The van der Waals surface area contributed by atoms with E-state index < -0.39 is 0 Å². The Morgan fingerprint density at radius 1 is 0.970 bits per heavy atom. The lowest BCUT2D eigenvalue weighted by Gasteiger charge is -2.24. The number of carbonyl (C=O) groups excluding carboxylic acids is 1. The van der Waals surface area contributed by atoms with Gasteiger partial charge in [0.05, 0.1) is 20.3 Å². The van der Waals surface area contributed by atoms with Crippen molar-refractivity contribution in [1.82, 2.24) is 9.47 Å². The average Bonchev–Trinajstić information content (AvgIpc) is 3.16. The molecule has 1 N–H and O–H groups in total. The summed E-state index contributed by atoms with van der Waals surface area (Å²) in [5.41, 5.74) is 4.23. The predicted molar refractivity (Wildman–Crippen MR) is 134 cm³/mol. The van der Waals surface area contributed by atoms with Crippen LogP contribution in [-0.4, -0.2) is 42.7 Å². The lowest BCUT2D eigenvalue weighted by Crippen LogP contribution is -2.39. The molecule has 33 heavy (non-hydrogen) atoms. The number of aromatic nitrogens is 1. The number of benzene rings is 3.